The minimum absolute atomic E-state index is 0.0448. The van der Waals surface area contributed by atoms with E-state index in [1.54, 1.807) is 0 Å². The molecule has 0 bridgehead atoms. The van der Waals surface area contributed by atoms with Crippen molar-refractivity contribution in [1.82, 2.24) is 0 Å². The zero-order valence-electron chi connectivity index (χ0n) is 30.8. The highest BCUT2D eigenvalue weighted by Crippen LogP contribution is 2.47. The molecule has 0 amide bonds. The van der Waals surface area contributed by atoms with Crippen LogP contribution in [0.1, 0.15) is 22.3 Å². The Hall–Kier alpha value is -7.72. The van der Waals surface area contributed by atoms with E-state index >= 15 is 0 Å². The summed E-state index contributed by atoms with van der Waals surface area (Å²) in [5.74, 6) is 0.0914. The fourth-order valence-corrected chi connectivity index (χ4v) is 9.63. The molecule has 2 aliphatic carbocycles. The van der Waals surface area contributed by atoms with Crippen LogP contribution in [0.15, 0.2) is 186 Å². The van der Waals surface area contributed by atoms with Gasteiger partial charge in [-0.05, 0) is 89.6 Å². The molecular weight excluding hydrogens is 693 g/mol. The first-order valence-corrected chi connectivity index (χ1v) is 19.3. The average Bonchev–Trinajstić information content (AvgIpc) is 3.65. The molecule has 1 aromatic heterocycles. The fraction of sp³-hybridized carbons (Fsp3) is 0.0370. The lowest BCUT2D eigenvalue weighted by Gasteiger charge is -2.33. The molecule has 9 aromatic rings. The topological polar surface area (TPSA) is 60.7 Å². The number of nitrogens with zero attached hydrogens (tertiary/aromatic N) is 2. The smallest absolute Gasteiger partial charge is 0.142 e. The second-order valence-electron chi connectivity index (χ2n) is 14.8. The Labute approximate surface area is 329 Å². The molecule has 0 fully saturated rings. The highest BCUT2D eigenvalue weighted by atomic mass is 16.3. The van der Waals surface area contributed by atoms with Crippen LogP contribution < -0.4 is 10.4 Å². The van der Waals surface area contributed by atoms with E-state index in [1.165, 1.54) is 11.1 Å². The molecule has 264 valence electrons. The van der Waals surface area contributed by atoms with E-state index in [2.05, 4.69) is 158 Å². The molecule has 0 saturated heterocycles. The minimum atomic E-state index is 0.0448. The Morgan fingerprint density at radius 2 is 0.912 bits per heavy atom. The van der Waals surface area contributed by atoms with Gasteiger partial charge >= 0.3 is 0 Å². The summed E-state index contributed by atoms with van der Waals surface area (Å²) in [6.07, 6.45) is 8.87. The maximum atomic E-state index is 10.2. The largest absolute Gasteiger partial charge is 0.455 e. The van der Waals surface area contributed by atoms with Gasteiger partial charge in [-0.2, -0.15) is 10.5 Å². The predicted molar refractivity (Wildman–Crippen MR) is 231 cm³/mol. The number of rotatable bonds is 4. The monoisotopic (exact) mass is 724 g/mol. The van der Waals surface area contributed by atoms with Crippen molar-refractivity contribution < 1.29 is 4.42 Å². The normalized spacial score (nSPS) is 15.8. The molecule has 0 N–H and O–H groups in total. The van der Waals surface area contributed by atoms with Gasteiger partial charge in [0, 0.05) is 33.7 Å². The molecule has 2 aliphatic rings. The summed E-state index contributed by atoms with van der Waals surface area (Å²) < 4.78 is 7.04. The van der Waals surface area contributed by atoms with Crippen LogP contribution in [0.4, 0.5) is 0 Å². The van der Waals surface area contributed by atoms with Crippen molar-refractivity contribution in [2.24, 2.45) is 11.8 Å². The molecule has 1 heterocycles. The van der Waals surface area contributed by atoms with Crippen LogP contribution in [0, 0.1) is 34.5 Å². The Balaban J connectivity index is 1.17. The summed E-state index contributed by atoms with van der Waals surface area (Å²) in [5, 5.41) is 29.2. The van der Waals surface area contributed by atoms with E-state index in [9.17, 15) is 10.5 Å². The van der Waals surface area contributed by atoms with Crippen molar-refractivity contribution >= 4 is 54.6 Å². The Bertz CT molecular complexity index is 3400. The molecule has 0 saturated carbocycles. The number of hydrogen-bond acceptors (Lipinski definition) is 3. The lowest BCUT2D eigenvalue weighted by molar-refractivity contribution is 0.659. The molecular formula is C54H32N2O. The van der Waals surface area contributed by atoms with Crippen LogP contribution in [0.5, 0.6) is 0 Å². The van der Waals surface area contributed by atoms with Gasteiger partial charge in [0.25, 0.3) is 0 Å². The highest BCUT2D eigenvalue weighted by molar-refractivity contribution is 6.22. The molecule has 11 rings (SSSR count). The zero-order valence-corrected chi connectivity index (χ0v) is 30.8. The predicted octanol–water partition coefficient (Wildman–Crippen LogP) is 11.7. The van der Waals surface area contributed by atoms with Gasteiger partial charge in [0.1, 0.15) is 11.2 Å². The van der Waals surface area contributed by atoms with E-state index < -0.39 is 0 Å². The number of benzene rings is 8. The quantitative estimate of drug-likeness (QED) is 0.170. The lowest BCUT2D eigenvalue weighted by atomic mass is 9.69. The minimum Gasteiger partial charge on any atom is -0.455 e. The zero-order chi connectivity index (χ0) is 38.0. The lowest BCUT2D eigenvalue weighted by Crippen LogP contribution is -2.40. The molecule has 2 unspecified atom stereocenters. The van der Waals surface area contributed by atoms with E-state index in [4.69, 9.17) is 4.42 Å². The van der Waals surface area contributed by atoms with Gasteiger partial charge in [-0.3, -0.25) is 0 Å². The third-order valence-corrected chi connectivity index (χ3v) is 12.0. The maximum absolute atomic E-state index is 10.2. The SMILES string of the molecule is N#Cc1ccccc1C1=c2ccccc2=C(c2cccc3c2oc2cc(-c4c5ccccc5c(-c5ccccc5C#N)c5ccccc45)ccc23)C2C=CC=CC12. The van der Waals surface area contributed by atoms with Crippen LogP contribution >= 0.6 is 0 Å². The molecule has 3 nitrogen and oxygen atoms in total. The first kappa shape index (κ1) is 32.7. The first-order chi connectivity index (χ1) is 28.2. The second kappa shape index (κ2) is 13.0. The number of para-hydroxylation sites is 1. The summed E-state index contributed by atoms with van der Waals surface area (Å²) in [5.41, 5.74) is 11.7. The van der Waals surface area contributed by atoms with E-state index in [-0.39, 0.29) is 11.8 Å². The maximum Gasteiger partial charge on any atom is 0.142 e. The Kier molecular flexibility index (Phi) is 7.43. The number of fused-ring (bicyclic) bond motifs is 7. The van der Waals surface area contributed by atoms with Crippen LogP contribution in [-0.2, 0) is 0 Å². The third kappa shape index (κ3) is 4.90. The third-order valence-electron chi connectivity index (χ3n) is 12.0. The second-order valence-corrected chi connectivity index (χ2v) is 14.8. The van der Waals surface area contributed by atoms with E-state index in [1.807, 2.05) is 36.4 Å². The van der Waals surface area contributed by atoms with Gasteiger partial charge < -0.3 is 4.42 Å². The van der Waals surface area contributed by atoms with Gasteiger partial charge in [0.05, 0.1) is 23.3 Å². The highest BCUT2D eigenvalue weighted by Gasteiger charge is 2.34. The van der Waals surface area contributed by atoms with Crippen LogP contribution in [0.2, 0.25) is 0 Å². The summed E-state index contributed by atoms with van der Waals surface area (Å²) in [7, 11) is 0. The van der Waals surface area contributed by atoms with Crippen molar-refractivity contribution in [3.05, 3.63) is 215 Å². The van der Waals surface area contributed by atoms with Crippen molar-refractivity contribution in [1.29, 1.82) is 10.5 Å². The number of hydrogen-bond donors (Lipinski definition) is 0. The van der Waals surface area contributed by atoms with Gasteiger partial charge in [-0.25, -0.2) is 0 Å². The van der Waals surface area contributed by atoms with E-state index in [0.717, 1.165) is 87.3 Å². The van der Waals surface area contributed by atoms with Gasteiger partial charge in [-0.1, -0.05) is 158 Å². The summed E-state index contributed by atoms with van der Waals surface area (Å²) in [6.45, 7) is 0. The van der Waals surface area contributed by atoms with Gasteiger partial charge in [0.15, 0.2) is 0 Å². The molecule has 0 aliphatic heterocycles. The van der Waals surface area contributed by atoms with Gasteiger partial charge in [0.2, 0.25) is 0 Å². The standard InChI is InChI=1S/C54H32N2O/c55-31-34-14-1-3-16-36(34)51-41-20-7-5-18-39(41)50(40-19-6-8-21-42(40)51)33-28-29-38-47-26-13-27-48(54(47)57-49(38)30-33)53-45-24-11-9-22-43(45)52(44-23-10-12-25-46(44)53)37-17-4-2-15-35(37)32-56/h1-30,43,45H. The Morgan fingerprint density at radius 1 is 0.421 bits per heavy atom. The summed E-state index contributed by atoms with van der Waals surface area (Å²) >= 11 is 0. The molecule has 3 heteroatoms. The molecule has 57 heavy (non-hydrogen) atoms. The molecule has 0 radical (unpaired) electrons. The van der Waals surface area contributed by atoms with Crippen LogP contribution in [0.3, 0.4) is 0 Å². The number of allylic oxidation sites excluding steroid dienone is 4. The Morgan fingerprint density at radius 3 is 1.54 bits per heavy atom. The van der Waals surface area contributed by atoms with Gasteiger partial charge in [-0.15, -0.1) is 0 Å². The van der Waals surface area contributed by atoms with Crippen molar-refractivity contribution in [3.8, 4) is 34.4 Å². The summed E-state index contributed by atoms with van der Waals surface area (Å²) in [4.78, 5) is 0. The number of furan rings is 1. The molecule has 8 aromatic carbocycles. The van der Waals surface area contributed by atoms with Crippen molar-refractivity contribution in [2.75, 3.05) is 0 Å². The van der Waals surface area contributed by atoms with Crippen molar-refractivity contribution in [2.45, 2.75) is 0 Å². The first-order valence-electron chi connectivity index (χ1n) is 19.3. The van der Waals surface area contributed by atoms with Crippen LogP contribution in [-0.4, -0.2) is 0 Å². The van der Waals surface area contributed by atoms with E-state index in [0.29, 0.717) is 11.1 Å². The average molecular weight is 725 g/mol. The fourth-order valence-electron chi connectivity index (χ4n) is 9.63. The summed E-state index contributed by atoms with van der Waals surface area (Å²) in [6, 6.07) is 59.6. The molecule has 2 atom stereocenters. The molecule has 0 spiro atoms. The van der Waals surface area contributed by atoms with Crippen molar-refractivity contribution in [3.63, 3.8) is 0 Å². The number of nitriles is 2. The van der Waals surface area contributed by atoms with Crippen LogP contribution in [0.25, 0.3) is 76.9 Å².